The molecule has 5 nitrogen and oxygen atoms in total. The molecule has 1 aliphatic heterocycles. The molecule has 0 aliphatic carbocycles. The number of carbonyl (C=O) groups is 2. The first-order valence-electron chi connectivity index (χ1n) is 5.64. The van der Waals surface area contributed by atoms with Gasteiger partial charge in [-0.25, -0.2) is 0 Å². The average Bonchev–Trinajstić information content (AvgIpc) is 2.20. The van der Waals surface area contributed by atoms with Crippen LogP contribution < -0.4 is 5.32 Å². The molecule has 0 radical (unpaired) electrons. The van der Waals surface area contributed by atoms with Gasteiger partial charge < -0.3 is 15.2 Å². The van der Waals surface area contributed by atoms with E-state index in [0.717, 1.165) is 0 Å². The van der Waals surface area contributed by atoms with Crippen molar-refractivity contribution in [3.8, 4) is 0 Å². The molecule has 1 saturated heterocycles. The van der Waals surface area contributed by atoms with E-state index in [1.54, 1.807) is 13.8 Å². The molecule has 92 valence electrons. The molecule has 1 aliphatic rings. The van der Waals surface area contributed by atoms with E-state index < -0.39 is 11.4 Å². The maximum atomic E-state index is 11.7. The molecule has 1 amide bonds. The Morgan fingerprint density at radius 1 is 1.38 bits per heavy atom. The molecular weight excluding hydrogens is 210 g/mol. The van der Waals surface area contributed by atoms with Crippen LogP contribution in [-0.4, -0.2) is 36.2 Å². The molecule has 1 heterocycles. The molecule has 2 N–H and O–H groups in total. The number of aliphatic carboxylic acids is 1. The lowest BCUT2D eigenvalue weighted by Gasteiger charge is -2.30. The summed E-state index contributed by atoms with van der Waals surface area (Å²) >= 11 is 0. The van der Waals surface area contributed by atoms with Crippen LogP contribution in [0, 0.1) is 5.41 Å². The van der Waals surface area contributed by atoms with Gasteiger partial charge in [-0.1, -0.05) is 13.8 Å². The van der Waals surface area contributed by atoms with Gasteiger partial charge in [0.1, 0.15) is 0 Å². The summed E-state index contributed by atoms with van der Waals surface area (Å²) in [6.45, 7) is 4.67. The van der Waals surface area contributed by atoms with E-state index in [9.17, 15) is 14.7 Å². The van der Waals surface area contributed by atoms with E-state index in [2.05, 4.69) is 5.32 Å². The summed E-state index contributed by atoms with van der Waals surface area (Å²) in [4.78, 5) is 22.8. The number of carboxylic acids is 1. The number of carbonyl (C=O) groups excluding carboxylic acids is 1. The van der Waals surface area contributed by atoms with Crippen LogP contribution in [0.5, 0.6) is 0 Å². The van der Waals surface area contributed by atoms with E-state index >= 15 is 0 Å². The number of hydrogen-bond donors (Lipinski definition) is 2. The summed E-state index contributed by atoms with van der Waals surface area (Å²) in [6, 6.07) is 0.0627. The van der Waals surface area contributed by atoms with Crippen molar-refractivity contribution < 1.29 is 19.4 Å². The molecular formula is C11H19NO4. The second-order valence-corrected chi connectivity index (χ2v) is 4.27. The fraction of sp³-hybridized carbons (Fsp3) is 0.818. The highest BCUT2D eigenvalue weighted by atomic mass is 16.5. The third-order valence-corrected chi connectivity index (χ3v) is 3.31. The van der Waals surface area contributed by atoms with Crippen molar-refractivity contribution in [1.29, 1.82) is 0 Å². The Bertz CT molecular complexity index is 269. The number of hydrogen-bond acceptors (Lipinski definition) is 3. The van der Waals surface area contributed by atoms with Crippen molar-refractivity contribution in [2.75, 3.05) is 13.2 Å². The molecule has 0 aromatic heterocycles. The highest BCUT2D eigenvalue weighted by molar-refractivity contribution is 5.85. The number of ether oxygens (including phenoxy) is 1. The van der Waals surface area contributed by atoms with Gasteiger partial charge >= 0.3 is 5.97 Å². The fourth-order valence-electron chi connectivity index (χ4n) is 1.78. The van der Waals surface area contributed by atoms with Crippen LogP contribution in [-0.2, 0) is 14.3 Å². The van der Waals surface area contributed by atoms with Crippen LogP contribution in [0.25, 0.3) is 0 Å². The summed E-state index contributed by atoms with van der Waals surface area (Å²) in [5, 5.41) is 11.9. The quantitative estimate of drug-likeness (QED) is 0.705. The first kappa shape index (κ1) is 13.0. The Hall–Kier alpha value is -1.10. The summed E-state index contributed by atoms with van der Waals surface area (Å²) < 4.78 is 4.93. The first-order valence-corrected chi connectivity index (χ1v) is 5.64. The number of carboxylic acid groups (broad SMARTS) is 1. The molecule has 0 saturated carbocycles. The lowest BCUT2D eigenvalue weighted by molar-refractivity contribution is -0.153. The Morgan fingerprint density at radius 2 is 1.94 bits per heavy atom. The molecule has 0 bridgehead atoms. The highest BCUT2D eigenvalue weighted by Crippen LogP contribution is 2.30. The van der Waals surface area contributed by atoms with Crippen LogP contribution in [0.2, 0.25) is 0 Å². The predicted octanol–water partition coefficient (Wildman–Crippen LogP) is 0.782. The smallest absolute Gasteiger partial charge is 0.310 e. The Balaban J connectivity index is 2.52. The summed E-state index contributed by atoms with van der Waals surface area (Å²) in [6.07, 6.45) is 0.979. The number of rotatable bonds is 6. The van der Waals surface area contributed by atoms with E-state index in [1.165, 1.54) is 0 Å². The largest absolute Gasteiger partial charge is 0.481 e. The van der Waals surface area contributed by atoms with Gasteiger partial charge in [0.25, 0.3) is 0 Å². The molecule has 1 rings (SSSR count). The van der Waals surface area contributed by atoms with Gasteiger partial charge in [0, 0.05) is 6.42 Å². The molecule has 1 fully saturated rings. The molecule has 0 aromatic rings. The lowest BCUT2D eigenvalue weighted by atomic mass is 9.79. The second kappa shape index (κ2) is 5.30. The second-order valence-electron chi connectivity index (χ2n) is 4.27. The van der Waals surface area contributed by atoms with Crippen LogP contribution in [0.15, 0.2) is 0 Å². The normalized spacial score (nSPS) is 16.6. The minimum atomic E-state index is -0.922. The van der Waals surface area contributed by atoms with Crippen LogP contribution in [0.3, 0.4) is 0 Å². The van der Waals surface area contributed by atoms with Gasteiger partial charge in [0.15, 0.2) is 0 Å². The van der Waals surface area contributed by atoms with Gasteiger partial charge in [-0.15, -0.1) is 0 Å². The average molecular weight is 229 g/mol. The topological polar surface area (TPSA) is 75.6 Å². The summed E-state index contributed by atoms with van der Waals surface area (Å²) in [5.74, 6) is -1.09. The van der Waals surface area contributed by atoms with Gasteiger partial charge in [-0.05, 0) is 12.8 Å². The maximum absolute atomic E-state index is 11.7. The van der Waals surface area contributed by atoms with E-state index in [-0.39, 0.29) is 18.4 Å². The van der Waals surface area contributed by atoms with Crippen LogP contribution in [0.4, 0.5) is 0 Å². The highest BCUT2D eigenvalue weighted by Gasteiger charge is 2.37. The summed E-state index contributed by atoms with van der Waals surface area (Å²) in [5.41, 5.74) is -0.922. The molecule has 0 spiro atoms. The van der Waals surface area contributed by atoms with Gasteiger partial charge in [-0.2, -0.15) is 0 Å². The third kappa shape index (κ3) is 2.72. The van der Waals surface area contributed by atoms with Crippen molar-refractivity contribution in [1.82, 2.24) is 5.32 Å². The van der Waals surface area contributed by atoms with E-state index in [0.29, 0.717) is 26.1 Å². The van der Waals surface area contributed by atoms with Gasteiger partial charge in [0.05, 0.1) is 24.7 Å². The predicted molar refractivity (Wildman–Crippen MR) is 58.0 cm³/mol. The van der Waals surface area contributed by atoms with Gasteiger partial charge in [-0.3, -0.25) is 9.59 Å². The van der Waals surface area contributed by atoms with Crippen molar-refractivity contribution >= 4 is 11.9 Å². The Labute approximate surface area is 95.2 Å². The van der Waals surface area contributed by atoms with Gasteiger partial charge in [0.2, 0.25) is 5.91 Å². The Morgan fingerprint density at radius 3 is 2.25 bits per heavy atom. The van der Waals surface area contributed by atoms with Crippen LogP contribution in [0.1, 0.15) is 33.1 Å². The zero-order valence-electron chi connectivity index (χ0n) is 9.78. The minimum absolute atomic E-state index is 0.0475. The van der Waals surface area contributed by atoms with Crippen molar-refractivity contribution in [2.24, 2.45) is 5.41 Å². The van der Waals surface area contributed by atoms with Crippen LogP contribution >= 0.6 is 0 Å². The zero-order valence-corrected chi connectivity index (χ0v) is 9.78. The SMILES string of the molecule is CCC(CC)(CC(=O)NC1COC1)C(=O)O. The number of nitrogens with one attached hydrogen (secondary N) is 1. The molecule has 0 unspecified atom stereocenters. The number of amides is 1. The third-order valence-electron chi connectivity index (χ3n) is 3.31. The first-order chi connectivity index (χ1) is 7.54. The molecule has 0 aromatic carbocycles. The molecule has 16 heavy (non-hydrogen) atoms. The zero-order chi connectivity index (χ0) is 12.2. The summed E-state index contributed by atoms with van der Waals surface area (Å²) in [7, 11) is 0. The van der Waals surface area contributed by atoms with Crippen molar-refractivity contribution in [2.45, 2.75) is 39.2 Å². The van der Waals surface area contributed by atoms with Crippen molar-refractivity contribution in [3.63, 3.8) is 0 Å². The maximum Gasteiger partial charge on any atom is 0.310 e. The monoisotopic (exact) mass is 229 g/mol. The minimum Gasteiger partial charge on any atom is -0.481 e. The van der Waals surface area contributed by atoms with Crippen molar-refractivity contribution in [3.05, 3.63) is 0 Å². The fourth-order valence-corrected chi connectivity index (χ4v) is 1.78. The van der Waals surface area contributed by atoms with E-state index in [1.807, 2.05) is 0 Å². The Kier molecular flexibility index (Phi) is 4.29. The molecule has 5 heteroatoms. The lowest BCUT2D eigenvalue weighted by Crippen LogP contribution is -2.50. The molecule has 0 atom stereocenters. The standard InChI is InChI=1S/C11H19NO4/c1-3-11(4-2,10(14)15)5-9(13)12-8-6-16-7-8/h8H,3-7H2,1-2H3,(H,12,13)(H,14,15). The van der Waals surface area contributed by atoms with E-state index in [4.69, 9.17) is 4.74 Å².